The molecule has 0 atom stereocenters. The number of unbranched alkanes of at least 4 members (excludes halogenated alkanes) is 1. The van der Waals surface area contributed by atoms with Gasteiger partial charge in [-0.15, -0.1) is 0 Å². The molecule has 6 heteroatoms. The molecule has 1 aromatic rings. The Bertz CT molecular complexity index is 665. The van der Waals surface area contributed by atoms with E-state index in [9.17, 15) is 9.59 Å². The average Bonchev–Trinajstić information content (AvgIpc) is 2.74. The number of hydrogen-bond donors (Lipinski definition) is 1. The highest BCUT2D eigenvalue weighted by Crippen LogP contribution is 2.18. The van der Waals surface area contributed by atoms with Gasteiger partial charge < -0.3 is 19.9 Å². The first-order valence-corrected chi connectivity index (χ1v) is 11.1. The Balaban J connectivity index is 1.28. The summed E-state index contributed by atoms with van der Waals surface area (Å²) in [6, 6.07) is 8.39. The molecule has 6 nitrogen and oxygen atoms in total. The van der Waals surface area contributed by atoms with Gasteiger partial charge in [-0.3, -0.25) is 4.79 Å². The number of hydrogen-bond acceptors (Lipinski definition) is 3. The summed E-state index contributed by atoms with van der Waals surface area (Å²) >= 11 is 0. The standard InChI is InChI=1S/C23H35N3O3/c1-19-8-7-11-21(18-19)29-17-6-5-12-22(27)25-13-15-26(16-14-25)23(28)24-20-9-3-2-4-10-20/h7-8,11,18,20H,2-6,9-10,12-17H2,1H3,(H,24,28). The first kappa shape index (κ1) is 21.5. The van der Waals surface area contributed by atoms with Crippen molar-refractivity contribution < 1.29 is 14.3 Å². The molecule has 0 aromatic heterocycles. The van der Waals surface area contributed by atoms with Crippen molar-refractivity contribution in [1.82, 2.24) is 15.1 Å². The monoisotopic (exact) mass is 401 g/mol. The normalized spacial score (nSPS) is 17.8. The first-order valence-electron chi connectivity index (χ1n) is 11.1. The Labute approximate surface area is 174 Å². The summed E-state index contributed by atoms with van der Waals surface area (Å²) in [4.78, 5) is 28.6. The summed E-state index contributed by atoms with van der Waals surface area (Å²) in [6.07, 6.45) is 8.13. The van der Waals surface area contributed by atoms with Crippen molar-refractivity contribution in [3.05, 3.63) is 29.8 Å². The van der Waals surface area contributed by atoms with Crippen molar-refractivity contribution in [2.24, 2.45) is 0 Å². The van der Waals surface area contributed by atoms with Gasteiger partial charge >= 0.3 is 6.03 Å². The maximum atomic E-state index is 12.4. The molecule has 1 aliphatic carbocycles. The number of rotatable bonds is 7. The fourth-order valence-corrected chi connectivity index (χ4v) is 4.10. The maximum Gasteiger partial charge on any atom is 0.317 e. The Morgan fingerprint density at radius 2 is 1.76 bits per heavy atom. The molecule has 1 saturated carbocycles. The molecule has 0 bridgehead atoms. The summed E-state index contributed by atoms with van der Waals surface area (Å²) in [5.41, 5.74) is 1.18. The van der Waals surface area contributed by atoms with Gasteiger partial charge in [-0.2, -0.15) is 0 Å². The Morgan fingerprint density at radius 3 is 2.48 bits per heavy atom. The van der Waals surface area contributed by atoms with Gasteiger partial charge in [-0.25, -0.2) is 4.79 Å². The predicted molar refractivity (Wildman–Crippen MR) is 114 cm³/mol. The van der Waals surface area contributed by atoms with Crippen molar-refractivity contribution in [2.75, 3.05) is 32.8 Å². The average molecular weight is 402 g/mol. The first-order chi connectivity index (χ1) is 14.1. The van der Waals surface area contributed by atoms with E-state index in [1.807, 2.05) is 41.0 Å². The number of carbonyl (C=O) groups excluding carboxylic acids is 2. The van der Waals surface area contributed by atoms with Crippen molar-refractivity contribution in [1.29, 1.82) is 0 Å². The third kappa shape index (κ3) is 6.94. The lowest BCUT2D eigenvalue weighted by atomic mass is 9.96. The molecular formula is C23H35N3O3. The number of carbonyl (C=O) groups is 2. The van der Waals surface area contributed by atoms with Gasteiger partial charge in [0, 0.05) is 38.6 Å². The van der Waals surface area contributed by atoms with Crippen LogP contribution in [-0.2, 0) is 4.79 Å². The van der Waals surface area contributed by atoms with Gasteiger partial charge in [-0.05, 0) is 50.3 Å². The molecule has 1 saturated heterocycles. The molecule has 0 spiro atoms. The van der Waals surface area contributed by atoms with E-state index in [1.54, 1.807) is 0 Å². The van der Waals surface area contributed by atoms with Gasteiger partial charge in [0.2, 0.25) is 5.91 Å². The van der Waals surface area contributed by atoms with E-state index < -0.39 is 0 Å². The molecule has 0 unspecified atom stereocenters. The van der Waals surface area contributed by atoms with Gasteiger partial charge in [0.15, 0.2) is 0 Å². The van der Waals surface area contributed by atoms with Crippen LogP contribution in [0.1, 0.15) is 56.9 Å². The number of aryl methyl sites for hydroxylation is 1. The Kier molecular flexibility index (Phi) is 8.20. The summed E-state index contributed by atoms with van der Waals surface area (Å²) < 4.78 is 5.74. The summed E-state index contributed by atoms with van der Waals surface area (Å²) in [5.74, 6) is 1.08. The topological polar surface area (TPSA) is 61.9 Å². The molecule has 1 aliphatic heterocycles. The number of ether oxygens (including phenoxy) is 1. The largest absolute Gasteiger partial charge is 0.494 e. The quantitative estimate of drug-likeness (QED) is 0.708. The Morgan fingerprint density at radius 1 is 1.03 bits per heavy atom. The highest BCUT2D eigenvalue weighted by atomic mass is 16.5. The van der Waals surface area contributed by atoms with Crippen LogP contribution in [0, 0.1) is 6.92 Å². The molecule has 0 radical (unpaired) electrons. The SMILES string of the molecule is Cc1cccc(OCCCCC(=O)N2CCN(C(=O)NC3CCCCC3)CC2)c1. The fraction of sp³-hybridized carbons (Fsp3) is 0.652. The van der Waals surface area contributed by atoms with Gasteiger partial charge in [0.1, 0.15) is 5.75 Å². The second kappa shape index (κ2) is 11.1. The number of benzene rings is 1. The van der Waals surface area contributed by atoms with Gasteiger partial charge in [0.05, 0.1) is 6.61 Å². The smallest absolute Gasteiger partial charge is 0.317 e. The number of amides is 3. The van der Waals surface area contributed by atoms with E-state index in [0.29, 0.717) is 45.2 Å². The highest BCUT2D eigenvalue weighted by Gasteiger charge is 2.25. The minimum Gasteiger partial charge on any atom is -0.494 e. The van der Waals surface area contributed by atoms with E-state index in [0.717, 1.165) is 31.4 Å². The van der Waals surface area contributed by atoms with Crippen LogP contribution in [0.2, 0.25) is 0 Å². The zero-order valence-electron chi connectivity index (χ0n) is 17.7. The maximum absolute atomic E-state index is 12.4. The van der Waals surface area contributed by atoms with Crippen LogP contribution in [0.5, 0.6) is 5.75 Å². The van der Waals surface area contributed by atoms with Crippen LogP contribution in [0.25, 0.3) is 0 Å². The van der Waals surface area contributed by atoms with Gasteiger partial charge in [0.25, 0.3) is 0 Å². The van der Waals surface area contributed by atoms with Crippen LogP contribution >= 0.6 is 0 Å². The van der Waals surface area contributed by atoms with E-state index in [-0.39, 0.29) is 11.9 Å². The van der Waals surface area contributed by atoms with Crippen molar-refractivity contribution in [3.63, 3.8) is 0 Å². The molecule has 2 fully saturated rings. The minimum atomic E-state index is 0.0392. The lowest BCUT2D eigenvalue weighted by Crippen LogP contribution is -2.54. The number of nitrogens with one attached hydrogen (secondary N) is 1. The number of nitrogens with zero attached hydrogens (tertiary/aromatic N) is 2. The zero-order chi connectivity index (χ0) is 20.5. The van der Waals surface area contributed by atoms with E-state index in [1.165, 1.54) is 24.8 Å². The highest BCUT2D eigenvalue weighted by molar-refractivity contribution is 5.77. The zero-order valence-corrected chi connectivity index (χ0v) is 17.7. The molecule has 160 valence electrons. The van der Waals surface area contributed by atoms with Crippen LogP contribution < -0.4 is 10.1 Å². The summed E-state index contributed by atoms with van der Waals surface area (Å²) in [7, 11) is 0. The molecule has 1 N–H and O–H groups in total. The molecule has 3 rings (SSSR count). The molecule has 3 amide bonds. The van der Waals surface area contributed by atoms with Crippen LogP contribution in [-0.4, -0.2) is 60.6 Å². The molecule has 1 aromatic carbocycles. The van der Waals surface area contributed by atoms with Crippen LogP contribution in [0.4, 0.5) is 4.79 Å². The van der Waals surface area contributed by atoms with Crippen LogP contribution in [0.15, 0.2) is 24.3 Å². The minimum absolute atomic E-state index is 0.0392. The molecule has 1 heterocycles. The van der Waals surface area contributed by atoms with Crippen molar-refractivity contribution in [2.45, 2.75) is 64.3 Å². The second-order valence-corrected chi connectivity index (χ2v) is 8.27. The molecular weight excluding hydrogens is 366 g/mol. The summed E-state index contributed by atoms with van der Waals surface area (Å²) in [6.45, 7) is 5.20. The van der Waals surface area contributed by atoms with E-state index in [4.69, 9.17) is 4.74 Å². The second-order valence-electron chi connectivity index (χ2n) is 8.27. The Hall–Kier alpha value is -2.24. The van der Waals surface area contributed by atoms with Crippen molar-refractivity contribution in [3.8, 4) is 5.75 Å². The predicted octanol–water partition coefficient (Wildman–Crippen LogP) is 3.73. The molecule has 29 heavy (non-hydrogen) atoms. The third-order valence-electron chi connectivity index (χ3n) is 5.90. The van der Waals surface area contributed by atoms with Crippen LogP contribution in [0.3, 0.4) is 0 Å². The van der Waals surface area contributed by atoms with E-state index >= 15 is 0 Å². The molecule has 2 aliphatic rings. The fourth-order valence-electron chi connectivity index (χ4n) is 4.10. The van der Waals surface area contributed by atoms with Crippen molar-refractivity contribution >= 4 is 11.9 Å². The lowest BCUT2D eigenvalue weighted by molar-refractivity contribution is -0.132. The van der Waals surface area contributed by atoms with Gasteiger partial charge in [-0.1, -0.05) is 31.4 Å². The third-order valence-corrected chi connectivity index (χ3v) is 5.90. The summed E-state index contributed by atoms with van der Waals surface area (Å²) in [5, 5.41) is 3.17. The van der Waals surface area contributed by atoms with E-state index in [2.05, 4.69) is 5.32 Å². The lowest BCUT2D eigenvalue weighted by Gasteiger charge is -2.36. The number of urea groups is 1. The number of piperazine rings is 1.